The molecule has 0 spiro atoms. The van der Waals surface area contributed by atoms with E-state index in [2.05, 4.69) is 9.88 Å². The van der Waals surface area contributed by atoms with E-state index in [4.69, 9.17) is 4.74 Å². The molecule has 1 aromatic rings. The lowest BCUT2D eigenvalue weighted by atomic mass is 9.83. The summed E-state index contributed by atoms with van der Waals surface area (Å²) in [5.41, 5.74) is 0.602. The second-order valence-corrected chi connectivity index (χ2v) is 8.50. The minimum absolute atomic E-state index is 0.00427. The van der Waals surface area contributed by atoms with Gasteiger partial charge in [-0.3, -0.25) is 9.59 Å². The Bertz CT molecular complexity index is 813. The molecule has 4 heterocycles. The number of carbonyl (C=O) groups excluding carboxylic acids is 2. The Kier molecular flexibility index (Phi) is 6.36. The first-order valence-electron chi connectivity index (χ1n) is 10.8. The summed E-state index contributed by atoms with van der Waals surface area (Å²) in [5, 5.41) is 1.92. The number of nitrogens with one attached hydrogen (secondary N) is 1. The largest absolute Gasteiger partial charge is 0.405 e. The first kappa shape index (κ1) is 21.9. The fourth-order valence-corrected chi connectivity index (χ4v) is 4.85. The molecule has 3 aliphatic rings. The number of rotatable bonds is 5. The third kappa shape index (κ3) is 5.11. The molecule has 1 aromatic heterocycles. The van der Waals surface area contributed by atoms with Crippen LogP contribution in [0.3, 0.4) is 0 Å². The van der Waals surface area contributed by atoms with Crippen molar-refractivity contribution in [3.05, 3.63) is 23.9 Å². The second kappa shape index (κ2) is 9.02. The van der Waals surface area contributed by atoms with Crippen LogP contribution in [0, 0.1) is 11.8 Å². The number of piperidine rings is 1. The third-order valence-electron chi connectivity index (χ3n) is 6.38. The first-order valence-corrected chi connectivity index (χ1v) is 10.8. The molecule has 3 aliphatic heterocycles. The van der Waals surface area contributed by atoms with E-state index in [1.54, 1.807) is 12.3 Å². The van der Waals surface area contributed by atoms with Crippen LogP contribution >= 0.6 is 0 Å². The number of hydrogen-bond acceptors (Lipinski definition) is 5. The van der Waals surface area contributed by atoms with Gasteiger partial charge in [-0.2, -0.15) is 13.2 Å². The van der Waals surface area contributed by atoms with Crippen molar-refractivity contribution in [2.24, 2.45) is 11.8 Å². The number of halogens is 3. The molecular formula is C21H27F3N4O3. The number of ether oxygens (including phenoxy) is 1. The Morgan fingerprint density at radius 1 is 1.23 bits per heavy atom. The molecule has 0 radical (unpaired) electrons. The van der Waals surface area contributed by atoms with Gasteiger partial charge in [0.2, 0.25) is 5.91 Å². The van der Waals surface area contributed by atoms with E-state index in [0.717, 1.165) is 32.4 Å². The summed E-state index contributed by atoms with van der Waals surface area (Å²) in [5.74, 6) is 0.280. The molecule has 7 nitrogen and oxygen atoms in total. The number of alkyl halides is 3. The van der Waals surface area contributed by atoms with Crippen LogP contribution in [0.15, 0.2) is 18.3 Å². The van der Waals surface area contributed by atoms with Gasteiger partial charge in [0.05, 0.1) is 24.7 Å². The molecule has 3 saturated heterocycles. The van der Waals surface area contributed by atoms with Crippen molar-refractivity contribution < 1.29 is 27.5 Å². The Morgan fingerprint density at radius 3 is 2.74 bits per heavy atom. The van der Waals surface area contributed by atoms with Gasteiger partial charge in [0.25, 0.3) is 5.91 Å². The van der Waals surface area contributed by atoms with Crippen molar-refractivity contribution in [2.75, 3.05) is 44.2 Å². The number of nitrogens with zero attached hydrogens (tertiary/aromatic N) is 3. The topological polar surface area (TPSA) is 74.8 Å². The minimum atomic E-state index is -4.42. The van der Waals surface area contributed by atoms with Crippen molar-refractivity contribution >= 4 is 17.6 Å². The predicted molar refractivity (Wildman–Crippen MR) is 107 cm³/mol. The average molecular weight is 440 g/mol. The Morgan fingerprint density at radius 2 is 2.00 bits per heavy atom. The molecule has 31 heavy (non-hydrogen) atoms. The van der Waals surface area contributed by atoms with E-state index in [1.165, 1.54) is 0 Å². The average Bonchev–Trinajstić information content (AvgIpc) is 3.41. The molecule has 2 amide bonds. The molecule has 0 bridgehead atoms. The summed E-state index contributed by atoms with van der Waals surface area (Å²) in [6.45, 7) is 1.95. The zero-order valence-electron chi connectivity index (χ0n) is 17.2. The monoisotopic (exact) mass is 440 g/mol. The number of pyridine rings is 1. The smallest absolute Gasteiger partial charge is 0.377 e. The maximum atomic E-state index is 13.0. The van der Waals surface area contributed by atoms with Gasteiger partial charge in [0.1, 0.15) is 12.4 Å². The normalized spacial score (nSPS) is 26.1. The van der Waals surface area contributed by atoms with Crippen LogP contribution in [0.4, 0.5) is 19.0 Å². The van der Waals surface area contributed by atoms with Crippen molar-refractivity contribution in [3.63, 3.8) is 0 Å². The third-order valence-corrected chi connectivity index (χ3v) is 6.38. The van der Waals surface area contributed by atoms with E-state index in [1.807, 2.05) is 16.3 Å². The van der Waals surface area contributed by atoms with E-state index < -0.39 is 18.6 Å². The molecule has 4 rings (SSSR count). The number of carbonyl (C=O) groups is 2. The molecule has 1 N–H and O–H groups in total. The van der Waals surface area contributed by atoms with E-state index >= 15 is 0 Å². The number of amides is 2. The van der Waals surface area contributed by atoms with Crippen molar-refractivity contribution in [2.45, 2.75) is 38.0 Å². The van der Waals surface area contributed by atoms with Gasteiger partial charge < -0.3 is 19.9 Å². The first-order chi connectivity index (χ1) is 14.8. The molecule has 0 saturated carbocycles. The zero-order chi connectivity index (χ0) is 22.0. The van der Waals surface area contributed by atoms with Gasteiger partial charge in [-0.25, -0.2) is 4.98 Å². The van der Waals surface area contributed by atoms with Crippen LogP contribution < -0.4 is 10.2 Å². The van der Waals surface area contributed by atoms with Crippen LogP contribution in [0.25, 0.3) is 0 Å². The van der Waals surface area contributed by atoms with Crippen LogP contribution in [0.1, 0.15) is 36.0 Å². The fraction of sp³-hybridized carbons (Fsp3) is 0.667. The molecule has 170 valence electrons. The van der Waals surface area contributed by atoms with Gasteiger partial charge in [-0.05, 0) is 37.3 Å². The number of fused-ring (bicyclic) bond motifs is 1. The summed E-state index contributed by atoms with van der Waals surface area (Å²) in [6, 6.07) is 3.59. The van der Waals surface area contributed by atoms with Gasteiger partial charge in [-0.15, -0.1) is 0 Å². The van der Waals surface area contributed by atoms with Crippen LogP contribution in [0.5, 0.6) is 0 Å². The SMILES string of the molecule is O=C(C[C@@H]1OC[C@H]2CN(c3ncccc3C(=O)N3CCCC3)CC[C@H]21)NCC(F)(F)F. The van der Waals surface area contributed by atoms with Crippen LogP contribution in [0.2, 0.25) is 0 Å². The lowest BCUT2D eigenvalue weighted by molar-refractivity contribution is -0.139. The van der Waals surface area contributed by atoms with Crippen molar-refractivity contribution in [1.82, 2.24) is 15.2 Å². The molecule has 0 unspecified atom stereocenters. The van der Waals surface area contributed by atoms with E-state index in [9.17, 15) is 22.8 Å². The molecule has 10 heteroatoms. The van der Waals surface area contributed by atoms with Gasteiger partial charge in [0.15, 0.2) is 0 Å². The number of anilines is 1. The number of likely N-dealkylation sites (tertiary alicyclic amines) is 1. The van der Waals surface area contributed by atoms with E-state index in [0.29, 0.717) is 31.1 Å². The zero-order valence-corrected chi connectivity index (χ0v) is 17.2. The summed E-state index contributed by atoms with van der Waals surface area (Å²) in [6.07, 6.45) is -0.424. The fourth-order valence-electron chi connectivity index (χ4n) is 4.85. The maximum absolute atomic E-state index is 13.0. The Labute approximate surface area is 178 Å². The molecule has 3 fully saturated rings. The molecule has 0 aromatic carbocycles. The minimum Gasteiger partial charge on any atom is -0.377 e. The predicted octanol–water partition coefficient (Wildman–Crippen LogP) is 2.23. The molecule has 0 aliphatic carbocycles. The quantitative estimate of drug-likeness (QED) is 0.760. The second-order valence-electron chi connectivity index (χ2n) is 8.50. The van der Waals surface area contributed by atoms with Crippen molar-refractivity contribution in [1.29, 1.82) is 0 Å². The maximum Gasteiger partial charge on any atom is 0.405 e. The Hall–Kier alpha value is -2.36. The van der Waals surface area contributed by atoms with Gasteiger partial charge in [-0.1, -0.05) is 0 Å². The highest BCUT2D eigenvalue weighted by molar-refractivity contribution is 5.99. The van der Waals surface area contributed by atoms with Crippen molar-refractivity contribution in [3.8, 4) is 0 Å². The number of hydrogen-bond donors (Lipinski definition) is 1. The molecule has 3 atom stereocenters. The summed E-state index contributed by atoms with van der Waals surface area (Å²) >= 11 is 0. The van der Waals surface area contributed by atoms with Gasteiger partial charge in [0, 0.05) is 38.3 Å². The molecular weight excluding hydrogens is 413 g/mol. The standard InChI is InChI=1S/C21H27F3N4O3/c22-21(23,24)13-26-18(29)10-17-15-5-9-28(11-14(15)12-31-17)19-16(4-3-6-25-19)20(30)27-7-1-2-8-27/h3-4,6,14-15,17H,1-2,5,7-13H2,(H,26,29)/t14-,15-,17+/m1/s1. The van der Waals surface area contributed by atoms with Gasteiger partial charge >= 0.3 is 6.18 Å². The van der Waals surface area contributed by atoms with Crippen LogP contribution in [-0.2, 0) is 9.53 Å². The highest BCUT2D eigenvalue weighted by Crippen LogP contribution is 2.37. The lowest BCUT2D eigenvalue weighted by Crippen LogP contribution is -2.44. The van der Waals surface area contributed by atoms with E-state index in [-0.39, 0.29) is 30.3 Å². The highest BCUT2D eigenvalue weighted by atomic mass is 19.4. The highest BCUT2D eigenvalue weighted by Gasteiger charge is 2.42. The number of aromatic nitrogens is 1. The van der Waals surface area contributed by atoms with Crippen LogP contribution in [-0.4, -0.2) is 73.3 Å². The lowest BCUT2D eigenvalue weighted by Gasteiger charge is -2.37. The summed E-state index contributed by atoms with van der Waals surface area (Å²) in [4.78, 5) is 33.3. The summed E-state index contributed by atoms with van der Waals surface area (Å²) < 4.78 is 42.7. The Balaban J connectivity index is 1.37. The summed E-state index contributed by atoms with van der Waals surface area (Å²) in [7, 11) is 0.